The van der Waals surface area contributed by atoms with E-state index >= 15 is 0 Å². The second kappa shape index (κ2) is 5.75. The van der Waals surface area contributed by atoms with Crippen LogP contribution in [-0.2, 0) is 13.1 Å². The van der Waals surface area contributed by atoms with E-state index < -0.39 is 0 Å². The van der Waals surface area contributed by atoms with Gasteiger partial charge in [-0.1, -0.05) is 12.1 Å². The predicted molar refractivity (Wildman–Crippen MR) is 71.4 cm³/mol. The molecule has 2 aromatic rings. The number of benzene rings is 1. The Bertz CT molecular complexity index is 525. The molecule has 1 aliphatic heterocycles. The molecule has 0 bridgehead atoms. The molecule has 1 N–H and O–H groups in total. The summed E-state index contributed by atoms with van der Waals surface area (Å²) < 4.78 is 13.1. The molecule has 19 heavy (non-hydrogen) atoms. The molecule has 0 atom stereocenters. The fraction of sp³-hybridized carbons (Fsp3) is 0.357. The Labute approximate surface area is 112 Å². The normalized spacial score (nSPS) is 13.5. The summed E-state index contributed by atoms with van der Waals surface area (Å²) >= 11 is 0. The first-order chi connectivity index (χ1) is 9.43. The first-order valence-electron chi connectivity index (χ1n) is 6.49. The zero-order valence-electron chi connectivity index (χ0n) is 10.7. The SMILES string of the molecule is c1cc(CNCCn2cccn2)c2c(c1)OCCO2. The predicted octanol–water partition coefficient (Wildman–Crippen LogP) is 1.44. The number of hydrogen-bond donors (Lipinski definition) is 1. The molecule has 0 amide bonds. The summed E-state index contributed by atoms with van der Waals surface area (Å²) in [6.07, 6.45) is 3.75. The topological polar surface area (TPSA) is 48.3 Å². The van der Waals surface area contributed by atoms with Gasteiger partial charge >= 0.3 is 0 Å². The van der Waals surface area contributed by atoms with E-state index in [0.717, 1.165) is 36.7 Å². The zero-order chi connectivity index (χ0) is 12.9. The van der Waals surface area contributed by atoms with Crippen molar-refractivity contribution in [3.8, 4) is 11.5 Å². The van der Waals surface area contributed by atoms with E-state index in [1.54, 1.807) is 6.20 Å². The van der Waals surface area contributed by atoms with Gasteiger partial charge in [-0.2, -0.15) is 5.10 Å². The second-order valence-corrected chi connectivity index (χ2v) is 4.39. The molecule has 0 unspecified atom stereocenters. The average Bonchev–Trinajstić information content (AvgIpc) is 2.97. The number of nitrogens with zero attached hydrogens (tertiary/aromatic N) is 2. The maximum atomic E-state index is 5.67. The molecule has 3 rings (SSSR count). The van der Waals surface area contributed by atoms with Gasteiger partial charge in [-0.25, -0.2) is 0 Å². The molecule has 0 spiro atoms. The highest BCUT2D eigenvalue weighted by atomic mass is 16.6. The van der Waals surface area contributed by atoms with Crippen LogP contribution in [0.2, 0.25) is 0 Å². The van der Waals surface area contributed by atoms with E-state index in [0.29, 0.717) is 13.2 Å². The fourth-order valence-electron chi connectivity index (χ4n) is 2.12. The standard InChI is InChI=1S/C14H17N3O2/c1-3-12(14-13(4-1)18-9-10-19-14)11-15-6-8-17-7-2-5-16-17/h1-5,7,15H,6,8-11H2. The van der Waals surface area contributed by atoms with Crippen molar-refractivity contribution in [2.24, 2.45) is 0 Å². The van der Waals surface area contributed by atoms with Gasteiger partial charge < -0.3 is 14.8 Å². The number of ether oxygens (including phenoxy) is 2. The monoisotopic (exact) mass is 259 g/mol. The highest BCUT2D eigenvalue weighted by Gasteiger charge is 2.14. The summed E-state index contributed by atoms with van der Waals surface area (Å²) in [6, 6.07) is 7.94. The molecule has 0 radical (unpaired) electrons. The van der Waals surface area contributed by atoms with Crippen molar-refractivity contribution in [2.45, 2.75) is 13.1 Å². The van der Waals surface area contributed by atoms with Gasteiger partial charge in [0.15, 0.2) is 11.5 Å². The molecule has 0 fully saturated rings. The fourth-order valence-corrected chi connectivity index (χ4v) is 2.12. The van der Waals surface area contributed by atoms with Crippen molar-refractivity contribution >= 4 is 0 Å². The summed E-state index contributed by atoms with van der Waals surface area (Å²) in [6.45, 7) is 3.75. The highest BCUT2D eigenvalue weighted by molar-refractivity contribution is 5.47. The summed E-state index contributed by atoms with van der Waals surface area (Å²) in [5.74, 6) is 1.72. The molecule has 0 aliphatic carbocycles. The van der Waals surface area contributed by atoms with E-state index in [9.17, 15) is 0 Å². The van der Waals surface area contributed by atoms with Gasteiger partial charge in [-0.3, -0.25) is 4.68 Å². The largest absolute Gasteiger partial charge is 0.486 e. The van der Waals surface area contributed by atoms with Crippen molar-refractivity contribution < 1.29 is 9.47 Å². The van der Waals surface area contributed by atoms with E-state index in [4.69, 9.17) is 9.47 Å². The van der Waals surface area contributed by atoms with Crippen LogP contribution in [-0.4, -0.2) is 29.5 Å². The molecular formula is C14H17N3O2. The molecular weight excluding hydrogens is 242 g/mol. The molecule has 100 valence electrons. The lowest BCUT2D eigenvalue weighted by molar-refractivity contribution is 0.169. The third-order valence-electron chi connectivity index (χ3n) is 3.04. The number of aromatic nitrogens is 2. The van der Waals surface area contributed by atoms with Crippen LogP contribution in [0.3, 0.4) is 0 Å². The Morgan fingerprint density at radius 1 is 1.21 bits per heavy atom. The molecule has 0 saturated carbocycles. The number of fused-ring (bicyclic) bond motifs is 1. The summed E-state index contributed by atoms with van der Waals surface area (Å²) in [5.41, 5.74) is 1.14. The maximum absolute atomic E-state index is 5.67. The van der Waals surface area contributed by atoms with Crippen LogP contribution in [0, 0.1) is 0 Å². The van der Waals surface area contributed by atoms with Gasteiger partial charge in [0.2, 0.25) is 0 Å². The molecule has 1 aromatic heterocycles. The summed E-state index contributed by atoms with van der Waals surface area (Å²) in [5, 5.41) is 7.56. The van der Waals surface area contributed by atoms with Crippen molar-refractivity contribution in [3.63, 3.8) is 0 Å². The third kappa shape index (κ3) is 2.88. The summed E-state index contributed by atoms with van der Waals surface area (Å²) in [4.78, 5) is 0. The van der Waals surface area contributed by atoms with Crippen LogP contribution in [0.15, 0.2) is 36.7 Å². The van der Waals surface area contributed by atoms with Gasteiger partial charge in [0, 0.05) is 31.0 Å². The summed E-state index contributed by atoms with van der Waals surface area (Å²) in [7, 11) is 0. The molecule has 2 heterocycles. The Kier molecular flexibility index (Phi) is 3.65. The molecule has 1 aromatic carbocycles. The van der Waals surface area contributed by atoms with E-state index in [1.165, 1.54) is 0 Å². The number of para-hydroxylation sites is 1. The Morgan fingerprint density at radius 3 is 3.05 bits per heavy atom. The van der Waals surface area contributed by atoms with Gasteiger partial charge in [-0.15, -0.1) is 0 Å². The van der Waals surface area contributed by atoms with Gasteiger partial charge in [0.1, 0.15) is 13.2 Å². The minimum atomic E-state index is 0.622. The van der Waals surface area contributed by atoms with Crippen LogP contribution in [0.25, 0.3) is 0 Å². The lowest BCUT2D eigenvalue weighted by Gasteiger charge is -2.21. The molecule has 5 heteroatoms. The van der Waals surface area contributed by atoms with Crippen LogP contribution >= 0.6 is 0 Å². The number of rotatable bonds is 5. The number of nitrogens with one attached hydrogen (secondary N) is 1. The second-order valence-electron chi connectivity index (χ2n) is 4.39. The van der Waals surface area contributed by atoms with Crippen molar-refractivity contribution in [3.05, 3.63) is 42.2 Å². The minimum Gasteiger partial charge on any atom is -0.486 e. The Morgan fingerprint density at radius 2 is 2.16 bits per heavy atom. The average molecular weight is 259 g/mol. The van der Waals surface area contributed by atoms with E-state index in [1.807, 2.05) is 29.1 Å². The Balaban J connectivity index is 1.55. The Hall–Kier alpha value is -2.01. The van der Waals surface area contributed by atoms with Crippen molar-refractivity contribution in [2.75, 3.05) is 19.8 Å². The molecule has 1 aliphatic rings. The first-order valence-corrected chi connectivity index (χ1v) is 6.49. The minimum absolute atomic E-state index is 0.622. The van der Waals surface area contributed by atoms with Gasteiger partial charge in [-0.05, 0) is 12.1 Å². The van der Waals surface area contributed by atoms with Gasteiger partial charge in [0.05, 0.1) is 6.54 Å². The van der Waals surface area contributed by atoms with Crippen molar-refractivity contribution in [1.82, 2.24) is 15.1 Å². The molecule has 0 saturated heterocycles. The quantitative estimate of drug-likeness (QED) is 0.826. The van der Waals surface area contributed by atoms with Gasteiger partial charge in [0.25, 0.3) is 0 Å². The lowest BCUT2D eigenvalue weighted by atomic mass is 10.1. The van der Waals surface area contributed by atoms with E-state index in [2.05, 4.69) is 16.5 Å². The van der Waals surface area contributed by atoms with E-state index in [-0.39, 0.29) is 0 Å². The van der Waals surface area contributed by atoms with Crippen molar-refractivity contribution in [1.29, 1.82) is 0 Å². The first kappa shape index (κ1) is 12.0. The van der Waals surface area contributed by atoms with Crippen LogP contribution < -0.4 is 14.8 Å². The number of hydrogen-bond acceptors (Lipinski definition) is 4. The van der Waals surface area contributed by atoms with Crippen LogP contribution in [0.5, 0.6) is 11.5 Å². The van der Waals surface area contributed by atoms with Crippen LogP contribution in [0.1, 0.15) is 5.56 Å². The van der Waals surface area contributed by atoms with Crippen LogP contribution in [0.4, 0.5) is 0 Å². The third-order valence-corrected chi connectivity index (χ3v) is 3.04. The highest BCUT2D eigenvalue weighted by Crippen LogP contribution is 2.33. The lowest BCUT2D eigenvalue weighted by Crippen LogP contribution is -2.22. The zero-order valence-corrected chi connectivity index (χ0v) is 10.7. The smallest absolute Gasteiger partial charge is 0.165 e. The maximum Gasteiger partial charge on any atom is 0.165 e. The molecule has 5 nitrogen and oxygen atoms in total.